The highest BCUT2D eigenvalue weighted by atomic mass is 127. The van der Waals surface area contributed by atoms with Crippen molar-refractivity contribution < 1.29 is 9.47 Å². The van der Waals surface area contributed by atoms with Crippen LogP contribution in [0.5, 0.6) is 0 Å². The molecule has 0 radical (unpaired) electrons. The van der Waals surface area contributed by atoms with Gasteiger partial charge in [0.05, 0.1) is 6.10 Å². The predicted octanol–water partition coefficient (Wildman–Crippen LogP) is 2.54. The first kappa shape index (κ1) is 19.2. The van der Waals surface area contributed by atoms with Crippen molar-refractivity contribution in [2.45, 2.75) is 57.6 Å². The summed E-state index contributed by atoms with van der Waals surface area (Å²) in [7, 11) is 1.74. The molecule has 1 heterocycles. The average molecular weight is 437 g/mol. The third kappa shape index (κ3) is 3.79. The number of nitrogens with one attached hydrogen (secondary N) is 2. The molecule has 3 fully saturated rings. The van der Waals surface area contributed by atoms with Gasteiger partial charge in [-0.1, -0.05) is 12.8 Å². The lowest BCUT2D eigenvalue weighted by atomic mass is 9.54. The second-order valence-corrected chi connectivity index (χ2v) is 6.91. The molecule has 1 spiro atoms. The topological polar surface area (TPSA) is 54.9 Å². The highest BCUT2D eigenvalue weighted by molar-refractivity contribution is 14.0. The Morgan fingerprint density at radius 2 is 2.13 bits per heavy atom. The summed E-state index contributed by atoms with van der Waals surface area (Å²) in [6.45, 7) is 5.56. The number of aliphatic imine (C=N–C) groups is 1. The average Bonchev–Trinajstić information content (AvgIpc) is 3.16. The first-order chi connectivity index (χ1) is 10.8. The third-order valence-electron chi connectivity index (χ3n) is 5.70. The van der Waals surface area contributed by atoms with Crippen LogP contribution in [0.3, 0.4) is 0 Å². The highest BCUT2D eigenvalue weighted by Crippen LogP contribution is 2.60. The van der Waals surface area contributed by atoms with E-state index in [1.165, 1.54) is 32.1 Å². The number of ether oxygens (including phenoxy) is 2. The quantitative estimate of drug-likeness (QED) is 0.290. The summed E-state index contributed by atoms with van der Waals surface area (Å²) in [5.74, 6) is 1.65. The van der Waals surface area contributed by atoms with Gasteiger partial charge in [-0.05, 0) is 32.6 Å². The molecule has 5 nitrogen and oxygen atoms in total. The van der Waals surface area contributed by atoms with Gasteiger partial charge in [0.15, 0.2) is 5.96 Å². The van der Waals surface area contributed by atoms with Crippen molar-refractivity contribution in [3.63, 3.8) is 0 Å². The number of guanidine groups is 1. The molecule has 3 aliphatic rings. The molecule has 0 bridgehead atoms. The lowest BCUT2D eigenvalue weighted by molar-refractivity contribution is -0.125. The van der Waals surface area contributed by atoms with Crippen LogP contribution in [0.15, 0.2) is 4.99 Å². The number of fused-ring (bicyclic) bond motifs is 2. The smallest absolute Gasteiger partial charge is 0.191 e. The molecule has 1 saturated heterocycles. The van der Waals surface area contributed by atoms with Crippen molar-refractivity contribution in [2.75, 3.05) is 33.4 Å². The Bertz CT molecular complexity index is 399. The molecule has 0 aromatic rings. The molecule has 3 rings (SSSR count). The molecular weight excluding hydrogens is 405 g/mol. The maximum Gasteiger partial charge on any atom is 0.191 e. The van der Waals surface area contributed by atoms with Crippen LogP contribution in [0.4, 0.5) is 0 Å². The number of nitrogens with zero attached hydrogens (tertiary/aromatic N) is 1. The van der Waals surface area contributed by atoms with E-state index >= 15 is 0 Å². The van der Waals surface area contributed by atoms with Gasteiger partial charge < -0.3 is 20.1 Å². The van der Waals surface area contributed by atoms with Crippen molar-refractivity contribution >= 4 is 29.9 Å². The lowest BCUT2D eigenvalue weighted by Crippen LogP contribution is -2.69. The Morgan fingerprint density at radius 1 is 1.35 bits per heavy atom. The van der Waals surface area contributed by atoms with Crippen LogP contribution in [0.2, 0.25) is 0 Å². The van der Waals surface area contributed by atoms with Gasteiger partial charge in [0.1, 0.15) is 0 Å². The van der Waals surface area contributed by atoms with Crippen molar-refractivity contribution in [1.29, 1.82) is 0 Å². The van der Waals surface area contributed by atoms with Gasteiger partial charge in [0.25, 0.3) is 0 Å². The minimum absolute atomic E-state index is 0. The summed E-state index contributed by atoms with van der Waals surface area (Å²) >= 11 is 0. The van der Waals surface area contributed by atoms with Crippen LogP contribution in [0.25, 0.3) is 0 Å². The first-order valence-corrected chi connectivity index (χ1v) is 8.97. The molecule has 0 aromatic carbocycles. The fraction of sp³-hybridized carbons (Fsp3) is 0.941. The Morgan fingerprint density at radius 3 is 2.83 bits per heavy atom. The maximum atomic E-state index is 6.06. The van der Waals surface area contributed by atoms with E-state index in [1.54, 1.807) is 7.11 Å². The number of methoxy groups -OCH3 is 1. The van der Waals surface area contributed by atoms with E-state index in [2.05, 4.69) is 17.6 Å². The standard InChI is InChI=1S/C17H31N3O2.HI/c1-3-18-16(19-10-6-11-21-2)20-14-13-7-12-22-15(13)17(14)8-4-5-9-17;/h13-15H,3-12H2,1-2H3,(H2,18,19,20);1H. The monoisotopic (exact) mass is 437 g/mol. The van der Waals surface area contributed by atoms with Gasteiger partial charge in [-0.15, -0.1) is 24.0 Å². The summed E-state index contributed by atoms with van der Waals surface area (Å²) < 4.78 is 11.2. The van der Waals surface area contributed by atoms with Crippen molar-refractivity contribution in [3.8, 4) is 0 Å². The number of hydrogen-bond donors (Lipinski definition) is 2. The number of rotatable bonds is 6. The van der Waals surface area contributed by atoms with E-state index in [4.69, 9.17) is 14.5 Å². The summed E-state index contributed by atoms with van der Waals surface area (Å²) in [4.78, 5) is 4.72. The zero-order valence-corrected chi connectivity index (χ0v) is 16.8. The van der Waals surface area contributed by atoms with E-state index in [-0.39, 0.29) is 24.0 Å². The normalized spacial score (nSPS) is 31.4. The Hall–Kier alpha value is -0.0800. The van der Waals surface area contributed by atoms with E-state index < -0.39 is 0 Å². The van der Waals surface area contributed by atoms with Gasteiger partial charge in [-0.2, -0.15) is 0 Å². The van der Waals surface area contributed by atoms with E-state index in [9.17, 15) is 0 Å². The second kappa shape index (κ2) is 8.85. The molecule has 0 aromatic heterocycles. The molecule has 3 unspecified atom stereocenters. The van der Waals surface area contributed by atoms with Crippen LogP contribution in [0.1, 0.15) is 45.4 Å². The largest absolute Gasteiger partial charge is 0.385 e. The fourth-order valence-electron chi connectivity index (χ4n) is 4.77. The van der Waals surface area contributed by atoms with E-state index in [1.807, 2.05) is 0 Å². The molecule has 0 amide bonds. The van der Waals surface area contributed by atoms with Crippen LogP contribution in [-0.2, 0) is 9.47 Å². The summed E-state index contributed by atoms with van der Waals surface area (Å²) in [6.07, 6.45) is 8.01. The second-order valence-electron chi connectivity index (χ2n) is 6.91. The number of hydrogen-bond acceptors (Lipinski definition) is 3. The van der Waals surface area contributed by atoms with Crippen LogP contribution in [0, 0.1) is 11.3 Å². The van der Waals surface area contributed by atoms with Crippen molar-refractivity contribution in [3.05, 3.63) is 0 Å². The first-order valence-electron chi connectivity index (χ1n) is 8.97. The van der Waals surface area contributed by atoms with Crippen LogP contribution < -0.4 is 10.6 Å². The molecular formula is C17H32IN3O2. The van der Waals surface area contributed by atoms with Gasteiger partial charge >= 0.3 is 0 Å². The number of halogens is 1. The minimum atomic E-state index is 0. The SMILES string of the molecule is CCNC(=NCCCOC)NC1C2CCOC2C12CCCC2.I. The van der Waals surface area contributed by atoms with E-state index in [0.29, 0.717) is 23.5 Å². The van der Waals surface area contributed by atoms with E-state index in [0.717, 1.165) is 38.7 Å². The third-order valence-corrected chi connectivity index (χ3v) is 5.70. The highest BCUT2D eigenvalue weighted by Gasteiger charge is 2.65. The zero-order valence-electron chi connectivity index (χ0n) is 14.5. The van der Waals surface area contributed by atoms with Gasteiger partial charge in [-0.25, -0.2) is 0 Å². The summed E-state index contributed by atoms with van der Waals surface area (Å²) in [5.41, 5.74) is 0.379. The zero-order chi connectivity index (χ0) is 15.4. The Balaban J connectivity index is 0.00000192. The Kier molecular flexibility index (Phi) is 7.41. The molecule has 1 aliphatic heterocycles. The molecule has 2 N–H and O–H groups in total. The van der Waals surface area contributed by atoms with Crippen LogP contribution in [-0.4, -0.2) is 51.5 Å². The fourth-order valence-corrected chi connectivity index (χ4v) is 4.77. The summed E-state index contributed by atoms with van der Waals surface area (Å²) in [5, 5.41) is 7.16. The van der Waals surface area contributed by atoms with Crippen molar-refractivity contribution in [2.24, 2.45) is 16.3 Å². The molecule has 6 heteroatoms. The predicted molar refractivity (Wildman–Crippen MR) is 104 cm³/mol. The van der Waals surface area contributed by atoms with Gasteiger partial charge in [0, 0.05) is 50.8 Å². The summed E-state index contributed by atoms with van der Waals surface area (Å²) in [6, 6.07) is 0.544. The lowest BCUT2D eigenvalue weighted by Gasteiger charge is -2.57. The molecule has 134 valence electrons. The molecule has 2 aliphatic carbocycles. The van der Waals surface area contributed by atoms with Gasteiger partial charge in [-0.3, -0.25) is 4.99 Å². The molecule has 2 saturated carbocycles. The van der Waals surface area contributed by atoms with Gasteiger partial charge in [0.2, 0.25) is 0 Å². The van der Waals surface area contributed by atoms with Crippen molar-refractivity contribution in [1.82, 2.24) is 10.6 Å². The minimum Gasteiger partial charge on any atom is -0.385 e. The molecule has 23 heavy (non-hydrogen) atoms. The van der Waals surface area contributed by atoms with Crippen LogP contribution >= 0.6 is 24.0 Å². The Labute approximate surface area is 157 Å². The molecule has 3 atom stereocenters. The maximum absolute atomic E-state index is 6.06.